The van der Waals surface area contributed by atoms with Gasteiger partial charge < -0.3 is 14.2 Å². The van der Waals surface area contributed by atoms with Crippen LogP contribution in [0, 0.1) is 11.3 Å². The Morgan fingerprint density at radius 1 is 1.47 bits per heavy atom. The van der Waals surface area contributed by atoms with Crippen molar-refractivity contribution in [2.45, 2.75) is 19.4 Å². The summed E-state index contributed by atoms with van der Waals surface area (Å²) < 4.78 is 15.8. The van der Waals surface area contributed by atoms with E-state index in [0.717, 1.165) is 6.42 Å². The molecular weight excluding hydrogens is 270 g/mol. The van der Waals surface area contributed by atoms with Gasteiger partial charge >= 0.3 is 5.97 Å². The molecule has 19 heavy (non-hydrogen) atoms. The van der Waals surface area contributed by atoms with Crippen LogP contribution in [0.15, 0.2) is 12.1 Å². The van der Waals surface area contributed by atoms with Crippen molar-refractivity contribution in [3.63, 3.8) is 0 Å². The maximum atomic E-state index is 11.8. The molecule has 0 N–H and O–H groups in total. The van der Waals surface area contributed by atoms with E-state index in [1.165, 1.54) is 19.1 Å². The molecule has 2 rings (SSSR count). The van der Waals surface area contributed by atoms with Gasteiger partial charge in [-0.1, -0.05) is 11.6 Å². The van der Waals surface area contributed by atoms with Gasteiger partial charge in [0, 0.05) is 6.42 Å². The smallest absolute Gasteiger partial charge is 0.339 e. The van der Waals surface area contributed by atoms with Crippen molar-refractivity contribution in [3.8, 4) is 17.6 Å². The Labute approximate surface area is 115 Å². The van der Waals surface area contributed by atoms with Crippen molar-refractivity contribution in [1.29, 1.82) is 5.26 Å². The quantitative estimate of drug-likeness (QED) is 0.779. The van der Waals surface area contributed by atoms with E-state index < -0.39 is 12.1 Å². The maximum Gasteiger partial charge on any atom is 0.339 e. The third-order valence-corrected chi connectivity index (χ3v) is 2.78. The third kappa shape index (κ3) is 3.09. The SMILES string of the molecule is CC(C#N)OC(=O)c1cc(Cl)c2c(c1)OCCCO2. The molecule has 5 nitrogen and oxygen atoms in total. The van der Waals surface area contributed by atoms with Crippen LogP contribution in [-0.4, -0.2) is 25.3 Å². The van der Waals surface area contributed by atoms with E-state index in [9.17, 15) is 4.79 Å². The molecule has 1 atom stereocenters. The number of hydrogen-bond donors (Lipinski definition) is 0. The second-order valence-corrected chi connectivity index (χ2v) is 4.42. The molecule has 1 heterocycles. The Balaban J connectivity index is 2.28. The van der Waals surface area contributed by atoms with Gasteiger partial charge in [0.05, 0.1) is 23.8 Å². The van der Waals surface area contributed by atoms with E-state index in [-0.39, 0.29) is 10.6 Å². The highest BCUT2D eigenvalue weighted by molar-refractivity contribution is 6.32. The number of benzene rings is 1. The number of halogens is 1. The summed E-state index contributed by atoms with van der Waals surface area (Å²) in [6.07, 6.45) is -0.0711. The van der Waals surface area contributed by atoms with Crippen LogP contribution < -0.4 is 9.47 Å². The lowest BCUT2D eigenvalue weighted by Crippen LogP contribution is -2.13. The first kappa shape index (κ1) is 13.5. The van der Waals surface area contributed by atoms with Crippen LogP contribution in [0.3, 0.4) is 0 Å². The summed E-state index contributed by atoms with van der Waals surface area (Å²) in [5.41, 5.74) is 0.233. The summed E-state index contributed by atoms with van der Waals surface area (Å²) in [5, 5.41) is 8.90. The number of esters is 1. The van der Waals surface area contributed by atoms with E-state index in [0.29, 0.717) is 24.7 Å². The van der Waals surface area contributed by atoms with E-state index in [1.54, 1.807) is 0 Å². The summed E-state index contributed by atoms with van der Waals surface area (Å²) in [5.74, 6) is 0.234. The molecule has 6 heteroatoms. The van der Waals surface area contributed by atoms with Crippen molar-refractivity contribution >= 4 is 17.6 Å². The molecule has 100 valence electrons. The molecule has 0 saturated heterocycles. The first-order chi connectivity index (χ1) is 9.11. The van der Waals surface area contributed by atoms with Crippen molar-refractivity contribution < 1.29 is 19.0 Å². The molecule has 0 bridgehead atoms. The van der Waals surface area contributed by atoms with Gasteiger partial charge in [0.1, 0.15) is 6.07 Å². The molecule has 1 aliphatic rings. The number of carbonyl (C=O) groups excluding carboxylic acids is 1. The van der Waals surface area contributed by atoms with Gasteiger partial charge in [-0.3, -0.25) is 0 Å². The lowest BCUT2D eigenvalue weighted by molar-refractivity contribution is 0.0435. The predicted molar refractivity (Wildman–Crippen MR) is 67.5 cm³/mol. The minimum atomic E-state index is -0.817. The van der Waals surface area contributed by atoms with Gasteiger partial charge in [0.25, 0.3) is 0 Å². The van der Waals surface area contributed by atoms with Gasteiger partial charge in [-0.05, 0) is 19.1 Å². The molecule has 0 aromatic heterocycles. The van der Waals surface area contributed by atoms with Crippen molar-refractivity contribution in [3.05, 3.63) is 22.7 Å². The number of nitriles is 1. The average Bonchev–Trinajstić information content (AvgIpc) is 2.63. The van der Waals surface area contributed by atoms with Crippen molar-refractivity contribution in [2.24, 2.45) is 0 Å². The number of nitrogens with zero attached hydrogens (tertiary/aromatic N) is 1. The summed E-state index contributed by atoms with van der Waals surface area (Å²) in [6, 6.07) is 4.78. The molecule has 1 aliphatic heterocycles. The van der Waals surface area contributed by atoms with Crippen LogP contribution in [0.4, 0.5) is 0 Å². The van der Waals surface area contributed by atoms with Crippen LogP contribution in [-0.2, 0) is 4.74 Å². The van der Waals surface area contributed by atoms with Gasteiger partial charge in [-0.25, -0.2) is 4.79 Å². The lowest BCUT2D eigenvalue weighted by Gasteiger charge is -2.11. The van der Waals surface area contributed by atoms with Crippen LogP contribution in [0.1, 0.15) is 23.7 Å². The lowest BCUT2D eigenvalue weighted by atomic mass is 10.2. The first-order valence-electron chi connectivity index (χ1n) is 5.81. The fraction of sp³-hybridized carbons (Fsp3) is 0.385. The standard InChI is InChI=1S/C13H12ClNO4/c1-8(7-15)19-13(16)9-5-10(14)12-11(6-9)17-3-2-4-18-12/h5-6,8H,2-4H2,1H3. The highest BCUT2D eigenvalue weighted by atomic mass is 35.5. The second-order valence-electron chi connectivity index (χ2n) is 4.01. The van der Waals surface area contributed by atoms with Crippen LogP contribution in [0.5, 0.6) is 11.5 Å². The normalized spacial score (nSPS) is 15.0. The fourth-order valence-electron chi connectivity index (χ4n) is 1.60. The Kier molecular flexibility index (Phi) is 4.13. The molecule has 1 unspecified atom stereocenters. The Bertz CT molecular complexity index is 538. The summed E-state index contributed by atoms with van der Waals surface area (Å²) in [7, 11) is 0. The molecular formula is C13H12ClNO4. The van der Waals surface area contributed by atoms with Crippen LogP contribution >= 0.6 is 11.6 Å². The topological polar surface area (TPSA) is 68.5 Å². The second kappa shape index (κ2) is 5.81. The predicted octanol–water partition coefficient (Wildman–Crippen LogP) is 2.57. The van der Waals surface area contributed by atoms with E-state index in [4.69, 9.17) is 31.1 Å². The zero-order valence-corrected chi connectivity index (χ0v) is 11.1. The van der Waals surface area contributed by atoms with Crippen LogP contribution in [0.25, 0.3) is 0 Å². The van der Waals surface area contributed by atoms with Gasteiger partial charge in [-0.15, -0.1) is 0 Å². The summed E-state index contributed by atoms with van der Waals surface area (Å²) in [6.45, 7) is 2.50. The molecule has 1 aromatic carbocycles. The maximum absolute atomic E-state index is 11.8. The number of ether oxygens (including phenoxy) is 3. The van der Waals surface area contributed by atoms with Gasteiger partial charge in [0.2, 0.25) is 0 Å². The Morgan fingerprint density at radius 3 is 2.95 bits per heavy atom. The van der Waals surface area contributed by atoms with E-state index in [1.807, 2.05) is 6.07 Å². The van der Waals surface area contributed by atoms with E-state index >= 15 is 0 Å². The molecule has 0 saturated carbocycles. The number of hydrogen-bond acceptors (Lipinski definition) is 5. The van der Waals surface area contributed by atoms with Crippen molar-refractivity contribution in [1.82, 2.24) is 0 Å². The summed E-state index contributed by atoms with van der Waals surface area (Å²) in [4.78, 5) is 11.8. The highest BCUT2D eigenvalue weighted by Crippen LogP contribution is 2.38. The fourth-order valence-corrected chi connectivity index (χ4v) is 1.87. The minimum Gasteiger partial charge on any atom is -0.489 e. The largest absolute Gasteiger partial charge is 0.489 e. The highest BCUT2D eigenvalue weighted by Gasteiger charge is 2.20. The van der Waals surface area contributed by atoms with Gasteiger partial charge in [0.15, 0.2) is 17.6 Å². The third-order valence-electron chi connectivity index (χ3n) is 2.50. The monoisotopic (exact) mass is 281 g/mol. The molecule has 0 amide bonds. The molecule has 1 aromatic rings. The molecule has 0 radical (unpaired) electrons. The molecule has 0 aliphatic carbocycles. The van der Waals surface area contributed by atoms with Crippen LogP contribution in [0.2, 0.25) is 5.02 Å². The minimum absolute atomic E-state index is 0.233. The Hall–Kier alpha value is -1.93. The number of fused-ring (bicyclic) bond motifs is 1. The zero-order valence-electron chi connectivity index (χ0n) is 10.3. The molecule has 0 fully saturated rings. The molecule has 0 spiro atoms. The van der Waals surface area contributed by atoms with Crippen molar-refractivity contribution in [2.75, 3.05) is 13.2 Å². The average molecular weight is 282 g/mol. The van der Waals surface area contributed by atoms with E-state index in [2.05, 4.69) is 0 Å². The van der Waals surface area contributed by atoms with Gasteiger partial charge in [-0.2, -0.15) is 5.26 Å². The first-order valence-corrected chi connectivity index (χ1v) is 6.19. The number of carbonyl (C=O) groups is 1. The zero-order chi connectivity index (χ0) is 13.8. The summed E-state index contributed by atoms with van der Waals surface area (Å²) >= 11 is 6.06. The number of rotatable bonds is 2. The Morgan fingerprint density at radius 2 is 2.21 bits per heavy atom.